The van der Waals surface area contributed by atoms with Gasteiger partial charge in [-0.2, -0.15) is 0 Å². The van der Waals surface area contributed by atoms with Crippen molar-refractivity contribution in [1.82, 2.24) is 9.55 Å². The number of benzene rings is 1. The smallest absolute Gasteiger partial charge is 0.207 e. The van der Waals surface area contributed by atoms with Crippen LogP contribution in [0.5, 0.6) is 0 Å². The molecule has 0 radical (unpaired) electrons. The molecule has 2 rings (SSSR count). The van der Waals surface area contributed by atoms with Gasteiger partial charge in [0.1, 0.15) is 0 Å². The number of hydrogen-bond acceptors (Lipinski definition) is 2. The molecule has 0 fully saturated rings. The number of anilines is 2. The SMILES string of the molecule is C=CCn1ccnc1Nc1cccc(C)c1. The first-order valence-electron chi connectivity index (χ1n) is 5.25. The standard InChI is InChI=1S/C13H15N3/c1-3-8-16-9-7-14-13(16)15-12-6-4-5-11(2)10-12/h3-7,9-10H,1,8H2,2H3,(H,14,15). The average molecular weight is 213 g/mol. The molecular formula is C13H15N3. The number of allylic oxidation sites excluding steroid dienone is 1. The second kappa shape index (κ2) is 4.66. The summed E-state index contributed by atoms with van der Waals surface area (Å²) >= 11 is 0. The Bertz CT molecular complexity index is 485. The van der Waals surface area contributed by atoms with Crippen molar-refractivity contribution in [3.63, 3.8) is 0 Å². The number of aryl methyl sites for hydroxylation is 1. The van der Waals surface area contributed by atoms with Crippen molar-refractivity contribution < 1.29 is 0 Å². The quantitative estimate of drug-likeness (QED) is 0.791. The van der Waals surface area contributed by atoms with E-state index < -0.39 is 0 Å². The van der Waals surface area contributed by atoms with Gasteiger partial charge < -0.3 is 9.88 Å². The van der Waals surface area contributed by atoms with Crippen LogP contribution in [0.1, 0.15) is 5.56 Å². The lowest BCUT2D eigenvalue weighted by molar-refractivity contribution is 0.833. The first-order chi connectivity index (χ1) is 7.79. The largest absolute Gasteiger partial charge is 0.326 e. The highest BCUT2D eigenvalue weighted by Gasteiger charge is 2.01. The Morgan fingerprint density at radius 1 is 1.50 bits per heavy atom. The summed E-state index contributed by atoms with van der Waals surface area (Å²) in [4.78, 5) is 4.26. The summed E-state index contributed by atoms with van der Waals surface area (Å²) in [6.45, 7) is 6.55. The van der Waals surface area contributed by atoms with Crippen molar-refractivity contribution in [2.24, 2.45) is 0 Å². The summed E-state index contributed by atoms with van der Waals surface area (Å²) in [5, 5.41) is 3.28. The maximum Gasteiger partial charge on any atom is 0.207 e. The molecule has 0 bridgehead atoms. The monoisotopic (exact) mass is 213 g/mol. The molecule has 0 aliphatic rings. The van der Waals surface area contributed by atoms with Crippen LogP contribution in [-0.2, 0) is 6.54 Å². The van der Waals surface area contributed by atoms with E-state index in [2.05, 4.69) is 35.9 Å². The molecule has 82 valence electrons. The molecule has 2 aromatic rings. The number of imidazole rings is 1. The summed E-state index contributed by atoms with van der Waals surface area (Å²) < 4.78 is 2.01. The summed E-state index contributed by atoms with van der Waals surface area (Å²) in [6, 6.07) is 8.21. The second-order valence-corrected chi connectivity index (χ2v) is 3.69. The van der Waals surface area contributed by atoms with Gasteiger partial charge in [-0.3, -0.25) is 0 Å². The van der Waals surface area contributed by atoms with E-state index in [9.17, 15) is 0 Å². The lowest BCUT2D eigenvalue weighted by Gasteiger charge is -2.08. The molecule has 1 N–H and O–H groups in total. The van der Waals surface area contributed by atoms with Crippen molar-refractivity contribution in [2.45, 2.75) is 13.5 Å². The number of aromatic nitrogens is 2. The topological polar surface area (TPSA) is 29.9 Å². The third-order valence-electron chi connectivity index (χ3n) is 2.32. The van der Waals surface area contributed by atoms with Crippen molar-refractivity contribution >= 4 is 11.6 Å². The van der Waals surface area contributed by atoms with Gasteiger partial charge in [-0.25, -0.2) is 4.98 Å². The molecule has 16 heavy (non-hydrogen) atoms. The van der Waals surface area contributed by atoms with Crippen LogP contribution in [0.4, 0.5) is 11.6 Å². The third-order valence-corrected chi connectivity index (χ3v) is 2.32. The van der Waals surface area contributed by atoms with Gasteiger partial charge in [0.15, 0.2) is 0 Å². The van der Waals surface area contributed by atoms with E-state index >= 15 is 0 Å². The van der Waals surface area contributed by atoms with Crippen LogP contribution >= 0.6 is 0 Å². The zero-order valence-electron chi connectivity index (χ0n) is 9.35. The Kier molecular flexibility index (Phi) is 3.05. The lowest BCUT2D eigenvalue weighted by Crippen LogP contribution is -2.01. The van der Waals surface area contributed by atoms with Crippen LogP contribution in [0.15, 0.2) is 49.3 Å². The Hall–Kier alpha value is -2.03. The van der Waals surface area contributed by atoms with Gasteiger partial charge in [0, 0.05) is 24.6 Å². The summed E-state index contributed by atoms with van der Waals surface area (Å²) in [7, 11) is 0. The van der Waals surface area contributed by atoms with Gasteiger partial charge in [-0.05, 0) is 24.6 Å². The van der Waals surface area contributed by atoms with Crippen LogP contribution in [0.2, 0.25) is 0 Å². The molecule has 1 heterocycles. The zero-order valence-corrected chi connectivity index (χ0v) is 9.35. The van der Waals surface area contributed by atoms with E-state index in [1.165, 1.54) is 5.56 Å². The molecule has 1 aromatic heterocycles. The maximum atomic E-state index is 4.26. The molecule has 0 saturated heterocycles. The molecule has 0 spiro atoms. The highest BCUT2D eigenvalue weighted by atomic mass is 15.2. The molecule has 0 aliphatic carbocycles. The van der Waals surface area contributed by atoms with Crippen molar-refractivity contribution in [3.05, 3.63) is 54.9 Å². The highest BCUT2D eigenvalue weighted by Crippen LogP contribution is 2.15. The maximum absolute atomic E-state index is 4.26. The number of hydrogen-bond donors (Lipinski definition) is 1. The molecule has 3 heteroatoms. The Morgan fingerprint density at radius 2 is 2.38 bits per heavy atom. The highest BCUT2D eigenvalue weighted by molar-refractivity contribution is 5.54. The Labute approximate surface area is 95.4 Å². The molecule has 0 aliphatic heterocycles. The molecule has 3 nitrogen and oxygen atoms in total. The minimum atomic E-state index is 0.758. The predicted octanol–water partition coefficient (Wildman–Crippen LogP) is 3.12. The lowest BCUT2D eigenvalue weighted by atomic mass is 10.2. The average Bonchev–Trinajstić information content (AvgIpc) is 2.66. The van der Waals surface area contributed by atoms with Gasteiger partial charge in [-0.15, -0.1) is 6.58 Å². The minimum Gasteiger partial charge on any atom is -0.326 e. The van der Waals surface area contributed by atoms with Gasteiger partial charge in [-0.1, -0.05) is 18.2 Å². The van der Waals surface area contributed by atoms with Crippen molar-refractivity contribution in [3.8, 4) is 0 Å². The van der Waals surface area contributed by atoms with Gasteiger partial charge in [0.2, 0.25) is 5.95 Å². The second-order valence-electron chi connectivity index (χ2n) is 3.69. The molecule has 1 aromatic carbocycles. The van der Waals surface area contributed by atoms with Crippen molar-refractivity contribution in [1.29, 1.82) is 0 Å². The minimum absolute atomic E-state index is 0.758. The molecule has 0 unspecified atom stereocenters. The Balaban J connectivity index is 2.20. The summed E-state index contributed by atoms with van der Waals surface area (Å²) in [5.74, 6) is 0.838. The molecule has 0 saturated carbocycles. The van der Waals surface area contributed by atoms with Gasteiger partial charge >= 0.3 is 0 Å². The Morgan fingerprint density at radius 3 is 3.12 bits per heavy atom. The van der Waals surface area contributed by atoms with Crippen LogP contribution in [0, 0.1) is 6.92 Å². The fourth-order valence-corrected chi connectivity index (χ4v) is 1.57. The molecule has 0 atom stereocenters. The fourth-order valence-electron chi connectivity index (χ4n) is 1.57. The predicted molar refractivity (Wildman–Crippen MR) is 66.9 cm³/mol. The van der Waals surface area contributed by atoms with Gasteiger partial charge in [0.05, 0.1) is 0 Å². The van der Waals surface area contributed by atoms with E-state index in [1.54, 1.807) is 6.20 Å². The zero-order chi connectivity index (χ0) is 11.4. The van der Waals surface area contributed by atoms with Gasteiger partial charge in [0.25, 0.3) is 0 Å². The van der Waals surface area contributed by atoms with Crippen LogP contribution < -0.4 is 5.32 Å². The first kappa shape index (κ1) is 10.5. The van der Waals surface area contributed by atoms with E-state index in [0.29, 0.717) is 0 Å². The van der Waals surface area contributed by atoms with E-state index in [1.807, 2.05) is 29.0 Å². The third kappa shape index (κ3) is 2.31. The van der Waals surface area contributed by atoms with E-state index in [0.717, 1.165) is 18.2 Å². The summed E-state index contributed by atoms with van der Waals surface area (Å²) in [6.07, 6.45) is 5.56. The fraction of sp³-hybridized carbons (Fsp3) is 0.154. The number of rotatable bonds is 4. The molecule has 0 amide bonds. The van der Waals surface area contributed by atoms with E-state index in [4.69, 9.17) is 0 Å². The number of nitrogens with one attached hydrogen (secondary N) is 1. The van der Waals surface area contributed by atoms with Crippen LogP contribution in [0.3, 0.4) is 0 Å². The summed E-state index contributed by atoms with van der Waals surface area (Å²) in [5.41, 5.74) is 2.28. The van der Waals surface area contributed by atoms with Crippen LogP contribution in [-0.4, -0.2) is 9.55 Å². The number of nitrogens with zero attached hydrogens (tertiary/aromatic N) is 2. The van der Waals surface area contributed by atoms with Crippen LogP contribution in [0.25, 0.3) is 0 Å². The van der Waals surface area contributed by atoms with E-state index in [-0.39, 0.29) is 0 Å². The normalized spacial score (nSPS) is 10.1. The van der Waals surface area contributed by atoms with Crippen molar-refractivity contribution in [2.75, 3.05) is 5.32 Å². The first-order valence-corrected chi connectivity index (χ1v) is 5.25. The molecular weight excluding hydrogens is 198 g/mol.